The fraction of sp³-hybridized carbons (Fsp3) is 0.300. The molecule has 148 valence electrons. The summed E-state index contributed by atoms with van der Waals surface area (Å²) in [5, 5.41) is 16.8. The Kier molecular flexibility index (Phi) is 7.12. The number of nitrogens with zero attached hydrogens (tertiary/aromatic N) is 1. The molecule has 0 bridgehead atoms. The highest BCUT2D eigenvalue weighted by Crippen LogP contribution is 2.20. The zero-order valence-corrected chi connectivity index (χ0v) is 16.6. The van der Waals surface area contributed by atoms with Gasteiger partial charge in [-0.05, 0) is 30.5 Å². The van der Waals surface area contributed by atoms with E-state index in [2.05, 4.69) is 10.6 Å². The van der Waals surface area contributed by atoms with E-state index in [9.17, 15) is 19.7 Å². The van der Waals surface area contributed by atoms with Crippen molar-refractivity contribution in [3.63, 3.8) is 0 Å². The number of hydrogen-bond donors (Lipinski definition) is 2. The molecule has 0 aliphatic heterocycles. The van der Waals surface area contributed by atoms with Gasteiger partial charge in [-0.25, -0.2) is 0 Å². The second-order valence-corrected chi connectivity index (χ2v) is 7.16. The van der Waals surface area contributed by atoms with Gasteiger partial charge in [-0.3, -0.25) is 19.7 Å². The quantitative estimate of drug-likeness (QED) is 0.541. The highest BCUT2D eigenvalue weighted by Gasteiger charge is 2.26. The molecule has 0 heterocycles. The molecule has 2 amide bonds. The summed E-state index contributed by atoms with van der Waals surface area (Å²) in [7, 11) is 0. The highest BCUT2D eigenvalue weighted by molar-refractivity contribution is 6.33. The average Bonchev–Trinajstić information content (AvgIpc) is 2.65. The molecule has 0 aliphatic rings. The van der Waals surface area contributed by atoms with Crippen molar-refractivity contribution in [2.45, 2.75) is 32.9 Å². The standard InChI is InChI=1S/C20H22ClN3O4/c1-12(2)18(23-19(25)16-9-4-5-10-17(16)21)20(26)22-13(3)14-7-6-8-15(11-14)24(27)28/h4-13,18H,1-3H3,(H,22,26)(H,23,25). The van der Waals surface area contributed by atoms with Crippen molar-refractivity contribution in [1.82, 2.24) is 10.6 Å². The van der Waals surface area contributed by atoms with Crippen LogP contribution in [0.2, 0.25) is 5.02 Å². The number of nitro benzene ring substituents is 1. The monoisotopic (exact) mass is 403 g/mol. The molecule has 2 atom stereocenters. The van der Waals surface area contributed by atoms with Crippen LogP contribution in [0, 0.1) is 16.0 Å². The van der Waals surface area contributed by atoms with Gasteiger partial charge < -0.3 is 10.6 Å². The maximum Gasteiger partial charge on any atom is 0.269 e. The van der Waals surface area contributed by atoms with Crippen LogP contribution >= 0.6 is 11.6 Å². The number of carbonyl (C=O) groups excluding carboxylic acids is 2. The molecule has 2 N–H and O–H groups in total. The highest BCUT2D eigenvalue weighted by atomic mass is 35.5. The lowest BCUT2D eigenvalue weighted by atomic mass is 10.0. The zero-order chi connectivity index (χ0) is 20.8. The van der Waals surface area contributed by atoms with E-state index in [-0.39, 0.29) is 23.1 Å². The molecular formula is C20H22ClN3O4. The van der Waals surface area contributed by atoms with Crippen LogP contribution in [-0.4, -0.2) is 22.8 Å². The number of rotatable bonds is 7. The summed E-state index contributed by atoms with van der Waals surface area (Å²) in [5.74, 6) is -0.999. The molecule has 7 nitrogen and oxygen atoms in total. The van der Waals surface area contributed by atoms with E-state index in [1.807, 2.05) is 13.8 Å². The summed E-state index contributed by atoms with van der Waals surface area (Å²) >= 11 is 6.05. The average molecular weight is 404 g/mol. The van der Waals surface area contributed by atoms with Crippen molar-refractivity contribution >= 4 is 29.1 Å². The summed E-state index contributed by atoms with van der Waals surface area (Å²) < 4.78 is 0. The van der Waals surface area contributed by atoms with Gasteiger partial charge in [-0.15, -0.1) is 0 Å². The van der Waals surface area contributed by atoms with Crippen LogP contribution in [-0.2, 0) is 4.79 Å². The molecule has 2 unspecified atom stereocenters. The maximum absolute atomic E-state index is 12.7. The van der Waals surface area contributed by atoms with Crippen molar-refractivity contribution < 1.29 is 14.5 Å². The lowest BCUT2D eigenvalue weighted by Gasteiger charge is -2.24. The molecule has 2 aromatic carbocycles. The van der Waals surface area contributed by atoms with Crippen molar-refractivity contribution in [3.8, 4) is 0 Å². The van der Waals surface area contributed by atoms with Crippen LogP contribution in [0.15, 0.2) is 48.5 Å². The molecule has 8 heteroatoms. The Morgan fingerprint density at radius 1 is 1.04 bits per heavy atom. The number of amides is 2. The molecule has 0 spiro atoms. The Balaban J connectivity index is 2.12. The predicted molar refractivity (Wildman–Crippen MR) is 107 cm³/mol. The van der Waals surface area contributed by atoms with E-state index in [1.165, 1.54) is 12.1 Å². The maximum atomic E-state index is 12.7. The minimum Gasteiger partial charge on any atom is -0.348 e. The lowest BCUT2D eigenvalue weighted by Crippen LogP contribution is -2.50. The van der Waals surface area contributed by atoms with Crippen molar-refractivity contribution in [2.24, 2.45) is 5.92 Å². The second-order valence-electron chi connectivity index (χ2n) is 6.76. The number of nitro groups is 1. The summed E-state index contributed by atoms with van der Waals surface area (Å²) in [5.41, 5.74) is 0.836. The third kappa shape index (κ3) is 5.29. The minimum atomic E-state index is -0.787. The molecule has 0 fully saturated rings. The summed E-state index contributed by atoms with van der Waals surface area (Å²) in [6, 6.07) is 11.4. The smallest absolute Gasteiger partial charge is 0.269 e. The third-order valence-corrected chi connectivity index (χ3v) is 4.62. The molecule has 0 radical (unpaired) electrons. The van der Waals surface area contributed by atoms with Crippen LogP contribution in [0.4, 0.5) is 5.69 Å². The molecule has 0 aliphatic carbocycles. The number of hydrogen-bond acceptors (Lipinski definition) is 4. The van der Waals surface area contributed by atoms with Crippen molar-refractivity contribution in [1.29, 1.82) is 0 Å². The molecular weight excluding hydrogens is 382 g/mol. The van der Waals surface area contributed by atoms with Gasteiger partial charge in [0.2, 0.25) is 5.91 Å². The Hall–Kier alpha value is -2.93. The van der Waals surface area contributed by atoms with Gasteiger partial charge in [0.15, 0.2) is 0 Å². The number of halogens is 1. The summed E-state index contributed by atoms with van der Waals surface area (Å²) in [6.45, 7) is 5.36. The van der Waals surface area contributed by atoms with Gasteiger partial charge >= 0.3 is 0 Å². The number of carbonyl (C=O) groups is 2. The second kappa shape index (κ2) is 9.32. The van der Waals surface area contributed by atoms with Crippen LogP contribution < -0.4 is 10.6 Å². The Morgan fingerprint density at radius 2 is 1.71 bits per heavy atom. The van der Waals surface area contributed by atoms with E-state index in [4.69, 9.17) is 11.6 Å². The van der Waals surface area contributed by atoms with E-state index in [1.54, 1.807) is 43.3 Å². The Labute approximate surface area is 168 Å². The van der Waals surface area contributed by atoms with Gasteiger partial charge in [-0.2, -0.15) is 0 Å². The van der Waals surface area contributed by atoms with E-state index in [0.29, 0.717) is 10.6 Å². The van der Waals surface area contributed by atoms with Crippen LogP contribution in [0.3, 0.4) is 0 Å². The van der Waals surface area contributed by atoms with E-state index < -0.39 is 22.9 Å². The zero-order valence-electron chi connectivity index (χ0n) is 15.8. The summed E-state index contributed by atoms with van der Waals surface area (Å²) in [6.07, 6.45) is 0. The normalized spacial score (nSPS) is 12.9. The number of nitrogens with one attached hydrogen (secondary N) is 2. The molecule has 2 aromatic rings. The van der Waals surface area contributed by atoms with Gasteiger partial charge in [0.1, 0.15) is 6.04 Å². The first-order chi connectivity index (χ1) is 13.2. The molecule has 0 aromatic heterocycles. The van der Waals surface area contributed by atoms with Crippen LogP contribution in [0.5, 0.6) is 0 Å². The van der Waals surface area contributed by atoms with Crippen LogP contribution in [0.1, 0.15) is 42.7 Å². The van der Waals surface area contributed by atoms with Gasteiger partial charge in [0.05, 0.1) is 21.6 Å². The fourth-order valence-corrected chi connectivity index (χ4v) is 2.92. The van der Waals surface area contributed by atoms with E-state index >= 15 is 0 Å². The molecule has 0 saturated heterocycles. The largest absolute Gasteiger partial charge is 0.348 e. The van der Waals surface area contributed by atoms with Gasteiger partial charge in [0.25, 0.3) is 11.6 Å². The Morgan fingerprint density at radius 3 is 2.32 bits per heavy atom. The first-order valence-electron chi connectivity index (χ1n) is 8.80. The van der Waals surface area contributed by atoms with Crippen LogP contribution in [0.25, 0.3) is 0 Å². The first-order valence-corrected chi connectivity index (χ1v) is 9.18. The summed E-state index contributed by atoms with van der Waals surface area (Å²) in [4.78, 5) is 35.7. The SMILES string of the molecule is CC(NC(=O)C(NC(=O)c1ccccc1Cl)C(C)C)c1cccc([N+](=O)[O-])c1. The molecule has 2 rings (SSSR count). The molecule has 28 heavy (non-hydrogen) atoms. The van der Waals surface area contributed by atoms with E-state index in [0.717, 1.165) is 0 Å². The van der Waals surface area contributed by atoms with Gasteiger partial charge in [-0.1, -0.05) is 49.7 Å². The van der Waals surface area contributed by atoms with Gasteiger partial charge in [0, 0.05) is 12.1 Å². The van der Waals surface area contributed by atoms with Crippen molar-refractivity contribution in [3.05, 3.63) is 74.8 Å². The minimum absolute atomic E-state index is 0.0500. The fourth-order valence-electron chi connectivity index (χ4n) is 2.69. The third-order valence-electron chi connectivity index (χ3n) is 4.29. The molecule has 0 saturated carbocycles. The topological polar surface area (TPSA) is 101 Å². The van der Waals surface area contributed by atoms with Crippen molar-refractivity contribution in [2.75, 3.05) is 0 Å². The number of benzene rings is 2. The predicted octanol–water partition coefficient (Wildman–Crippen LogP) is 3.88. The first kappa shape index (κ1) is 21.4. The lowest BCUT2D eigenvalue weighted by molar-refractivity contribution is -0.384. The Bertz CT molecular complexity index is 885. The number of non-ortho nitro benzene ring substituents is 1.